The summed E-state index contributed by atoms with van der Waals surface area (Å²) in [7, 11) is 0. The smallest absolute Gasteiger partial charge is 0.315 e. The maximum Gasteiger partial charge on any atom is 0.315 e. The van der Waals surface area contributed by atoms with Crippen LogP contribution in [0.1, 0.15) is 22.6 Å². The zero-order chi connectivity index (χ0) is 17.1. The van der Waals surface area contributed by atoms with E-state index in [1.807, 2.05) is 36.5 Å². The van der Waals surface area contributed by atoms with E-state index in [2.05, 4.69) is 40.0 Å². The third kappa shape index (κ3) is 3.40. The summed E-state index contributed by atoms with van der Waals surface area (Å²) in [6, 6.07) is 18.2. The molecule has 126 valence electrons. The zero-order valence-electron chi connectivity index (χ0n) is 13.9. The molecule has 2 aromatic carbocycles. The van der Waals surface area contributed by atoms with E-state index >= 15 is 0 Å². The molecule has 0 unspecified atom stereocenters. The highest BCUT2D eigenvalue weighted by molar-refractivity contribution is 5.74. The summed E-state index contributed by atoms with van der Waals surface area (Å²) in [6.07, 6.45) is 4.70. The molecule has 1 atom stereocenters. The number of hydrogen-bond acceptors (Lipinski definition) is 2. The molecular weight excluding hydrogens is 312 g/mol. The topological polar surface area (TPSA) is 59.0 Å². The van der Waals surface area contributed by atoms with E-state index in [4.69, 9.17) is 0 Å². The van der Waals surface area contributed by atoms with E-state index in [-0.39, 0.29) is 6.03 Å². The molecule has 1 aliphatic rings. The molecule has 0 bridgehead atoms. The Morgan fingerprint density at radius 1 is 1.08 bits per heavy atom. The fraction of sp³-hybridized carbons (Fsp3) is 0.200. The molecule has 1 heterocycles. The third-order valence-corrected chi connectivity index (χ3v) is 4.63. The molecule has 1 aromatic heterocycles. The summed E-state index contributed by atoms with van der Waals surface area (Å²) in [6.45, 7) is 1.19. The summed E-state index contributed by atoms with van der Waals surface area (Å²) in [5, 5.41) is 10.1. The number of nitrogens with zero attached hydrogens (tertiary/aromatic N) is 2. The first-order valence-corrected chi connectivity index (χ1v) is 8.48. The predicted octanol–water partition coefficient (Wildman–Crippen LogP) is 3.01. The van der Waals surface area contributed by atoms with E-state index in [0.717, 1.165) is 17.7 Å². The van der Waals surface area contributed by atoms with Crippen LogP contribution in [0.3, 0.4) is 0 Å². The molecule has 0 saturated carbocycles. The predicted molar refractivity (Wildman–Crippen MR) is 96.7 cm³/mol. The number of benzene rings is 2. The molecule has 4 rings (SSSR count). The number of carbonyl (C=O) groups excluding carboxylic acids is 1. The van der Waals surface area contributed by atoms with Gasteiger partial charge in [0.2, 0.25) is 0 Å². The van der Waals surface area contributed by atoms with E-state index in [0.29, 0.717) is 19.0 Å². The Balaban J connectivity index is 1.24. The van der Waals surface area contributed by atoms with Gasteiger partial charge in [-0.3, -0.25) is 0 Å². The lowest BCUT2D eigenvalue weighted by molar-refractivity contribution is 0.239. The summed E-state index contributed by atoms with van der Waals surface area (Å²) < 4.78 is 1.81. The van der Waals surface area contributed by atoms with Gasteiger partial charge < -0.3 is 10.6 Å². The monoisotopic (exact) mass is 332 g/mol. The second-order valence-corrected chi connectivity index (χ2v) is 6.28. The third-order valence-electron chi connectivity index (χ3n) is 4.63. The lowest BCUT2D eigenvalue weighted by Gasteiger charge is -2.30. The number of fused-ring (bicyclic) bond motifs is 1. The van der Waals surface area contributed by atoms with Gasteiger partial charge in [-0.2, -0.15) is 5.10 Å². The van der Waals surface area contributed by atoms with Crippen molar-refractivity contribution in [2.24, 2.45) is 0 Å². The number of nitrogens with one attached hydrogen (secondary N) is 2. The number of carbonyl (C=O) groups is 1. The van der Waals surface area contributed by atoms with Crippen molar-refractivity contribution >= 4 is 6.03 Å². The van der Waals surface area contributed by atoms with Gasteiger partial charge in [0.1, 0.15) is 0 Å². The quantitative estimate of drug-likeness (QED) is 0.754. The van der Waals surface area contributed by atoms with E-state index in [1.165, 1.54) is 11.1 Å². The fourth-order valence-corrected chi connectivity index (χ4v) is 3.19. The summed E-state index contributed by atoms with van der Waals surface area (Å²) >= 11 is 0. The molecule has 5 heteroatoms. The first kappa shape index (κ1) is 15.4. The number of urea groups is 1. The Hall–Kier alpha value is -3.08. The van der Waals surface area contributed by atoms with Crippen molar-refractivity contribution in [1.29, 1.82) is 0 Å². The van der Waals surface area contributed by atoms with Gasteiger partial charge in [0.05, 0.1) is 5.69 Å². The van der Waals surface area contributed by atoms with Crippen LogP contribution >= 0.6 is 0 Å². The van der Waals surface area contributed by atoms with Crippen molar-refractivity contribution in [1.82, 2.24) is 20.4 Å². The molecule has 0 aliphatic heterocycles. The number of amides is 2. The van der Waals surface area contributed by atoms with Crippen molar-refractivity contribution in [2.45, 2.75) is 18.9 Å². The zero-order valence-corrected chi connectivity index (χ0v) is 13.9. The molecule has 3 aromatic rings. The van der Waals surface area contributed by atoms with Gasteiger partial charge in [0.25, 0.3) is 0 Å². The fourth-order valence-electron chi connectivity index (χ4n) is 3.19. The second-order valence-electron chi connectivity index (χ2n) is 6.28. The van der Waals surface area contributed by atoms with Gasteiger partial charge in [0.15, 0.2) is 0 Å². The van der Waals surface area contributed by atoms with Crippen LogP contribution in [-0.4, -0.2) is 22.4 Å². The summed E-state index contributed by atoms with van der Waals surface area (Å²) in [5.41, 5.74) is 4.81. The minimum absolute atomic E-state index is 0.125. The molecule has 0 fully saturated rings. The first-order chi connectivity index (χ1) is 12.3. The highest BCUT2D eigenvalue weighted by Crippen LogP contribution is 2.33. The molecule has 0 radical (unpaired) electrons. The van der Waals surface area contributed by atoms with Crippen LogP contribution in [0, 0.1) is 0 Å². The van der Waals surface area contributed by atoms with Gasteiger partial charge in [-0.1, -0.05) is 36.4 Å². The second kappa shape index (κ2) is 6.81. The van der Waals surface area contributed by atoms with Gasteiger partial charge in [-0.05, 0) is 41.3 Å². The van der Waals surface area contributed by atoms with Crippen LogP contribution in [0.5, 0.6) is 0 Å². The number of aromatic nitrogens is 2. The molecule has 25 heavy (non-hydrogen) atoms. The Kier molecular flexibility index (Phi) is 4.21. The van der Waals surface area contributed by atoms with Crippen LogP contribution in [0.2, 0.25) is 0 Å². The largest absolute Gasteiger partial charge is 0.338 e. The van der Waals surface area contributed by atoms with Gasteiger partial charge in [0, 0.05) is 31.4 Å². The number of hydrogen-bond donors (Lipinski definition) is 2. The molecular formula is C20H20N4O. The van der Waals surface area contributed by atoms with Crippen LogP contribution in [0.25, 0.3) is 5.69 Å². The van der Waals surface area contributed by atoms with Crippen molar-refractivity contribution in [3.63, 3.8) is 0 Å². The van der Waals surface area contributed by atoms with E-state index in [1.54, 1.807) is 10.9 Å². The summed E-state index contributed by atoms with van der Waals surface area (Å²) in [5.74, 6) is 0.440. The average molecular weight is 332 g/mol. The molecule has 0 saturated heterocycles. The van der Waals surface area contributed by atoms with E-state index < -0.39 is 0 Å². The molecule has 2 N–H and O–H groups in total. The average Bonchev–Trinajstić information content (AvgIpc) is 3.16. The van der Waals surface area contributed by atoms with Crippen molar-refractivity contribution in [2.75, 3.05) is 6.54 Å². The van der Waals surface area contributed by atoms with Crippen LogP contribution in [0.4, 0.5) is 4.79 Å². The van der Waals surface area contributed by atoms with E-state index in [9.17, 15) is 4.79 Å². The highest BCUT2D eigenvalue weighted by Gasteiger charge is 2.25. The Labute approximate surface area is 146 Å². The Morgan fingerprint density at radius 2 is 1.92 bits per heavy atom. The van der Waals surface area contributed by atoms with Crippen LogP contribution < -0.4 is 10.6 Å². The lowest BCUT2D eigenvalue weighted by atomic mass is 9.78. The Bertz CT molecular complexity index is 856. The minimum Gasteiger partial charge on any atom is -0.338 e. The molecule has 5 nitrogen and oxygen atoms in total. The lowest BCUT2D eigenvalue weighted by Crippen LogP contribution is -2.39. The number of rotatable bonds is 5. The SMILES string of the molecule is O=C(NCc1ccc(-n2cccn2)cc1)NC[C@@H]1Cc2ccccc21. The first-order valence-electron chi connectivity index (χ1n) is 8.48. The Morgan fingerprint density at radius 3 is 2.68 bits per heavy atom. The van der Waals surface area contributed by atoms with Gasteiger partial charge in [-0.15, -0.1) is 0 Å². The molecule has 2 amide bonds. The maximum absolute atomic E-state index is 12.0. The van der Waals surface area contributed by atoms with Gasteiger partial charge >= 0.3 is 6.03 Å². The summed E-state index contributed by atoms with van der Waals surface area (Å²) in [4.78, 5) is 12.0. The minimum atomic E-state index is -0.125. The van der Waals surface area contributed by atoms with Crippen molar-refractivity contribution in [3.05, 3.63) is 83.7 Å². The normalized spacial score (nSPS) is 15.1. The molecule has 1 aliphatic carbocycles. The van der Waals surface area contributed by atoms with Gasteiger partial charge in [-0.25, -0.2) is 9.48 Å². The van der Waals surface area contributed by atoms with Crippen LogP contribution in [0.15, 0.2) is 67.0 Å². The highest BCUT2D eigenvalue weighted by atomic mass is 16.2. The van der Waals surface area contributed by atoms with Crippen molar-refractivity contribution in [3.8, 4) is 5.69 Å². The van der Waals surface area contributed by atoms with Crippen LogP contribution in [-0.2, 0) is 13.0 Å². The standard InChI is InChI=1S/C20H20N4O/c25-20(22-14-17-12-16-4-1-2-5-19(16)17)21-13-15-6-8-18(9-7-15)24-11-3-10-23-24/h1-11,17H,12-14H2,(H2,21,22,25)/t17-/m0/s1. The molecule has 0 spiro atoms. The van der Waals surface area contributed by atoms with Crippen molar-refractivity contribution < 1.29 is 4.79 Å². The maximum atomic E-state index is 12.0.